The molecule has 4 nitrogen and oxygen atoms in total. The highest BCUT2D eigenvalue weighted by atomic mass is 19.4. The van der Waals surface area contributed by atoms with Crippen molar-refractivity contribution in [2.24, 2.45) is 0 Å². The number of alkyl halides is 3. The van der Waals surface area contributed by atoms with Crippen molar-refractivity contribution < 1.29 is 27.8 Å². The maximum absolute atomic E-state index is 13.8. The SMILES string of the molecule is O=C(O)c1ccc(COc2cccc(-c3c(-c4ccccc4)cnc4c(C(F)(F)F)cccc34)c2)cc1. The summed E-state index contributed by atoms with van der Waals surface area (Å²) >= 11 is 0. The topological polar surface area (TPSA) is 59.4 Å². The lowest BCUT2D eigenvalue weighted by atomic mass is 9.91. The average molecular weight is 499 g/mol. The highest BCUT2D eigenvalue weighted by Crippen LogP contribution is 2.42. The first-order valence-corrected chi connectivity index (χ1v) is 11.4. The van der Waals surface area contributed by atoms with Crippen molar-refractivity contribution in [1.82, 2.24) is 4.98 Å². The Hall–Kier alpha value is -4.65. The van der Waals surface area contributed by atoms with E-state index in [0.717, 1.165) is 17.2 Å². The number of halogens is 3. The maximum atomic E-state index is 13.8. The number of carboxylic acids is 1. The van der Waals surface area contributed by atoms with Gasteiger partial charge in [-0.2, -0.15) is 13.2 Å². The number of ether oxygens (including phenoxy) is 1. The molecule has 0 radical (unpaired) electrons. The van der Waals surface area contributed by atoms with Crippen molar-refractivity contribution in [1.29, 1.82) is 0 Å². The van der Waals surface area contributed by atoms with E-state index in [1.807, 2.05) is 36.4 Å². The largest absolute Gasteiger partial charge is 0.489 e. The third kappa shape index (κ3) is 5.02. The Balaban J connectivity index is 1.59. The summed E-state index contributed by atoms with van der Waals surface area (Å²) in [4.78, 5) is 15.3. The predicted octanol–water partition coefficient (Wildman–Crippen LogP) is 7.86. The Bertz CT molecular complexity index is 1580. The number of fused-ring (bicyclic) bond motifs is 1. The number of para-hydroxylation sites is 1. The standard InChI is InChI=1S/C30H20F3NO3/c31-30(32,33)26-11-5-10-24-27(25(17-34-28(24)26)20-6-2-1-3-7-20)22-8-4-9-23(16-22)37-18-19-12-14-21(15-13-19)29(35)36/h1-17H,18H2,(H,35,36). The fourth-order valence-electron chi connectivity index (χ4n) is 4.25. The molecule has 1 heterocycles. The molecule has 0 unspecified atom stereocenters. The molecule has 0 amide bonds. The van der Waals surface area contributed by atoms with E-state index in [1.54, 1.807) is 36.4 Å². The van der Waals surface area contributed by atoms with Crippen LogP contribution < -0.4 is 4.74 Å². The van der Waals surface area contributed by atoms with Crippen LogP contribution >= 0.6 is 0 Å². The average Bonchev–Trinajstić information content (AvgIpc) is 2.91. The minimum atomic E-state index is -4.54. The Morgan fingerprint density at radius 1 is 0.838 bits per heavy atom. The fraction of sp³-hybridized carbons (Fsp3) is 0.0667. The van der Waals surface area contributed by atoms with Gasteiger partial charge in [-0.1, -0.05) is 66.7 Å². The molecule has 0 spiro atoms. The number of aromatic nitrogens is 1. The highest BCUT2D eigenvalue weighted by molar-refractivity contribution is 6.03. The first-order valence-electron chi connectivity index (χ1n) is 11.4. The van der Waals surface area contributed by atoms with Gasteiger partial charge >= 0.3 is 12.1 Å². The van der Waals surface area contributed by atoms with Crippen LogP contribution in [0, 0.1) is 0 Å². The van der Waals surface area contributed by atoms with Crippen LogP contribution in [0.4, 0.5) is 13.2 Å². The first kappa shape index (κ1) is 24.1. The van der Waals surface area contributed by atoms with E-state index in [4.69, 9.17) is 9.84 Å². The smallest absolute Gasteiger partial charge is 0.418 e. The third-order valence-corrected chi connectivity index (χ3v) is 6.02. The first-order chi connectivity index (χ1) is 17.8. The summed E-state index contributed by atoms with van der Waals surface area (Å²) in [6.07, 6.45) is -3.06. The summed E-state index contributed by atoms with van der Waals surface area (Å²) in [6, 6.07) is 27.0. The quantitative estimate of drug-likeness (QED) is 0.258. The van der Waals surface area contributed by atoms with Crippen LogP contribution in [0.25, 0.3) is 33.2 Å². The van der Waals surface area contributed by atoms with E-state index < -0.39 is 17.7 Å². The van der Waals surface area contributed by atoms with Crippen LogP contribution in [0.5, 0.6) is 5.75 Å². The number of carboxylic acid groups (broad SMARTS) is 1. The van der Waals surface area contributed by atoms with Crippen molar-refractivity contribution >= 4 is 16.9 Å². The lowest BCUT2D eigenvalue weighted by Crippen LogP contribution is -2.07. The molecule has 0 saturated heterocycles. The van der Waals surface area contributed by atoms with Crippen LogP contribution in [0.1, 0.15) is 21.5 Å². The fourth-order valence-corrected chi connectivity index (χ4v) is 4.25. The number of pyridine rings is 1. The van der Waals surface area contributed by atoms with Gasteiger partial charge in [0.05, 0.1) is 16.6 Å². The molecule has 5 aromatic rings. The number of nitrogens with zero attached hydrogens (tertiary/aromatic N) is 1. The maximum Gasteiger partial charge on any atom is 0.418 e. The van der Waals surface area contributed by atoms with E-state index in [1.165, 1.54) is 24.4 Å². The summed E-state index contributed by atoms with van der Waals surface area (Å²) < 4.78 is 47.3. The van der Waals surface area contributed by atoms with Gasteiger partial charge < -0.3 is 9.84 Å². The molecular weight excluding hydrogens is 479 g/mol. The predicted molar refractivity (Wildman–Crippen MR) is 135 cm³/mol. The molecule has 4 aromatic carbocycles. The lowest BCUT2D eigenvalue weighted by molar-refractivity contribution is -0.136. The molecule has 184 valence electrons. The van der Waals surface area contributed by atoms with Gasteiger partial charge in [0.2, 0.25) is 0 Å². The molecule has 5 rings (SSSR count). The number of hydrogen-bond acceptors (Lipinski definition) is 3. The van der Waals surface area contributed by atoms with Gasteiger partial charge in [0.25, 0.3) is 0 Å². The van der Waals surface area contributed by atoms with E-state index in [9.17, 15) is 18.0 Å². The van der Waals surface area contributed by atoms with Crippen LogP contribution in [-0.2, 0) is 12.8 Å². The van der Waals surface area contributed by atoms with Gasteiger partial charge in [-0.25, -0.2) is 4.79 Å². The molecular formula is C30H20F3NO3. The second-order valence-electron chi connectivity index (χ2n) is 8.43. The Kier molecular flexibility index (Phi) is 6.36. The Morgan fingerprint density at radius 3 is 2.24 bits per heavy atom. The number of benzene rings is 4. The van der Waals surface area contributed by atoms with Crippen molar-refractivity contribution in [2.75, 3.05) is 0 Å². The van der Waals surface area contributed by atoms with Crippen LogP contribution in [0.3, 0.4) is 0 Å². The monoisotopic (exact) mass is 499 g/mol. The van der Waals surface area contributed by atoms with Crippen LogP contribution in [0.15, 0.2) is 103 Å². The summed E-state index contributed by atoms with van der Waals surface area (Å²) in [5, 5.41) is 9.45. The van der Waals surface area contributed by atoms with E-state index in [0.29, 0.717) is 27.8 Å². The number of aromatic carboxylic acids is 1. The lowest BCUT2D eigenvalue weighted by Gasteiger charge is -2.17. The Labute approximate surface area is 210 Å². The summed E-state index contributed by atoms with van der Waals surface area (Å²) in [7, 11) is 0. The molecule has 1 N–H and O–H groups in total. The summed E-state index contributed by atoms with van der Waals surface area (Å²) in [5.74, 6) is -0.483. The van der Waals surface area contributed by atoms with Crippen molar-refractivity contribution in [3.8, 4) is 28.0 Å². The van der Waals surface area contributed by atoms with Gasteiger partial charge in [-0.3, -0.25) is 4.98 Å². The third-order valence-electron chi connectivity index (χ3n) is 6.02. The van der Waals surface area contributed by atoms with Crippen LogP contribution in [0.2, 0.25) is 0 Å². The number of hydrogen-bond donors (Lipinski definition) is 1. The Morgan fingerprint density at radius 2 is 1.54 bits per heavy atom. The second kappa shape index (κ2) is 9.78. The van der Waals surface area contributed by atoms with Gasteiger partial charge in [0.1, 0.15) is 12.4 Å². The number of carbonyl (C=O) groups is 1. The van der Waals surface area contributed by atoms with Crippen LogP contribution in [-0.4, -0.2) is 16.1 Å². The molecule has 0 fully saturated rings. The van der Waals surface area contributed by atoms with Crippen molar-refractivity contribution in [3.05, 3.63) is 120 Å². The summed E-state index contributed by atoms with van der Waals surface area (Å²) in [5.41, 5.74) is 2.90. The summed E-state index contributed by atoms with van der Waals surface area (Å²) in [6.45, 7) is 0.199. The zero-order valence-corrected chi connectivity index (χ0v) is 19.4. The van der Waals surface area contributed by atoms with Gasteiger partial charge in [0, 0.05) is 22.7 Å². The minimum absolute atomic E-state index is 0.116. The molecule has 0 saturated carbocycles. The highest BCUT2D eigenvalue weighted by Gasteiger charge is 2.33. The van der Waals surface area contributed by atoms with E-state index >= 15 is 0 Å². The molecule has 0 aliphatic heterocycles. The molecule has 37 heavy (non-hydrogen) atoms. The molecule has 0 atom stereocenters. The number of rotatable bonds is 6. The van der Waals surface area contributed by atoms with Crippen molar-refractivity contribution in [2.45, 2.75) is 12.8 Å². The zero-order valence-electron chi connectivity index (χ0n) is 19.4. The van der Waals surface area contributed by atoms with Crippen molar-refractivity contribution in [3.63, 3.8) is 0 Å². The second-order valence-corrected chi connectivity index (χ2v) is 8.43. The molecule has 0 aliphatic rings. The normalized spacial score (nSPS) is 11.4. The van der Waals surface area contributed by atoms with Gasteiger partial charge in [0.15, 0.2) is 0 Å². The molecule has 0 bridgehead atoms. The molecule has 1 aromatic heterocycles. The van der Waals surface area contributed by atoms with Gasteiger partial charge in [-0.15, -0.1) is 0 Å². The van der Waals surface area contributed by atoms with E-state index in [-0.39, 0.29) is 17.7 Å². The minimum Gasteiger partial charge on any atom is -0.489 e. The van der Waals surface area contributed by atoms with Gasteiger partial charge in [-0.05, 0) is 47.0 Å². The zero-order chi connectivity index (χ0) is 26.0. The molecule has 7 heteroatoms. The molecule has 0 aliphatic carbocycles. The van der Waals surface area contributed by atoms with E-state index in [2.05, 4.69) is 4.98 Å².